The van der Waals surface area contributed by atoms with E-state index in [-0.39, 0.29) is 11.8 Å². The molecule has 1 aliphatic rings. The lowest BCUT2D eigenvalue weighted by atomic mass is 10.0. The average Bonchev–Trinajstić information content (AvgIpc) is 2.90. The summed E-state index contributed by atoms with van der Waals surface area (Å²) >= 11 is 0. The van der Waals surface area contributed by atoms with Crippen molar-refractivity contribution in [3.05, 3.63) is 18.2 Å². The van der Waals surface area contributed by atoms with Gasteiger partial charge in [-0.3, -0.25) is 4.90 Å². The Bertz CT molecular complexity index is 470. The largest absolute Gasteiger partial charge is 0.347 e. The molecule has 1 N–H and O–H groups in total. The highest BCUT2D eigenvalue weighted by molar-refractivity contribution is 7.91. The van der Waals surface area contributed by atoms with Crippen molar-refractivity contribution in [2.45, 2.75) is 38.6 Å². The number of likely N-dealkylation sites (tertiary alicyclic amines) is 1. The van der Waals surface area contributed by atoms with Crippen molar-refractivity contribution in [1.82, 2.24) is 14.9 Å². The fourth-order valence-electron chi connectivity index (χ4n) is 2.70. The first-order chi connectivity index (χ1) is 9.12. The number of rotatable bonds is 6. The molecule has 0 spiro atoms. The van der Waals surface area contributed by atoms with Crippen LogP contribution >= 0.6 is 0 Å². The van der Waals surface area contributed by atoms with E-state index < -0.39 is 9.84 Å². The van der Waals surface area contributed by atoms with Gasteiger partial charge in [-0.05, 0) is 25.8 Å². The molecule has 1 saturated heterocycles. The van der Waals surface area contributed by atoms with E-state index in [1.165, 1.54) is 6.42 Å². The summed E-state index contributed by atoms with van der Waals surface area (Å²) in [5.74, 6) is 1.53. The molecule has 1 aromatic rings. The van der Waals surface area contributed by atoms with E-state index >= 15 is 0 Å². The maximum atomic E-state index is 11.8. The molecule has 0 amide bonds. The molecule has 0 saturated carbocycles. The SMILES string of the molecule is CCCS(=O)(=O)CCN1CCCC[C@H]1c1ncc[nH]1. The van der Waals surface area contributed by atoms with Gasteiger partial charge in [0.25, 0.3) is 0 Å². The zero-order valence-electron chi connectivity index (χ0n) is 11.5. The Balaban J connectivity index is 1.97. The second kappa shape index (κ2) is 6.52. The van der Waals surface area contributed by atoms with Crippen LogP contribution in [0, 0.1) is 0 Å². The number of H-pyrrole nitrogens is 1. The van der Waals surface area contributed by atoms with Crippen LogP contribution in [0.25, 0.3) is 0 Å². The fourth-order valence-corrected chi connectivity index (χ4v) is 4.04. The molecule has 108 valence electrons. The van der Waals surface area contributed by atoms with Gasteiger partial charge in [0.05, 0.1) is 11.8 Å². The van der Waals surface area contributed by atoms with Crippen molar-refractivity contribution in [1.29, 1.82) is 0 Å². The molecule has 0 aromatic carbocycles. The van der Waals surface area contributed by atoms with Gasteiger partial charge >= 0.3 is 0 Å². The Morgan fingerprint density at radius 3 is 2.95 bits per heavy atom. The minimum absolute atomic E-state index is 0.251. The van der Waals surface area contributed by atoms with Crippen molar-refractivity contribution < 1.29 is 8.42 Å². The maximum absolute atomic E-state index is 11.8. The van der Waals surface area contributed by atoms with Gasteiger partial charge in [-0.2, -0.15) is 0 Å². The fraction of sp³-hybridized carbons (Fsp3) is 0.769. The van der Waals surface area contributed by atoms with Gasteiger partial charge in [0, 0.05) is 24.7 Å². The van der Waals surface area contributed by atoms with Crippen LogP contribution in [0.15, 0.2) is 12.4 Å². The molecule has 2 rings (SSSR count). The van der Waals surface area contributed by atoms with Gasteiger partial charge in [0.1, 0.15) is 5.82 Å². The maximum Gasteiger partial charge on any atom is 0.151 e. The summed E-state index contributed by atoms with van der Waals surface area (Å²) in [5, 5.41) is 0. The molecule has 0 unspecified atom stereocenters. The van der Waals surface area contributed by atoms with E-state index in [1.807, 2.05) is 13.1 Å². The van der Waals surface area contributed by atoms with E-state index in [0.29, 0.717) is 18.7 Å². The third-order valence-electron chi connectivity index (χ3n) is 3.65. The zero-order chi connectivity index (χ0) is 13.7. The van der Waals surface area contributed by atoms with Crippen molar-refractivity contribution in [2.24, 2.45) is 0 Å². The summed E-state index contributed by atoms with van der Waals surface area (Å²) in [5.41, 5.74) is 0. The first-order valence-corrected chi connectivity index (χ1v) is 8.88. The number of nitrogens with zero attached hydrogens (tertiary/aromatic N) is 2. The average molecular weight is 285 g/mol. The summed E-state index contributed by atoms with van der Waals surface area (Å²) in [4.78, 5) is 9.74. The molecule has 1 aromatic heterocycles. The van der Waals surface area contributed by atoms with Crippen LogP contribution in [-0.2, 0) is 9.84 Å². The number of hydrogen-bond donors (Lipinski definition) is 1. The minimum Gasteiger partial charge on any atom is -0.347 e. The molecule has 19 heavy (non-hydrogen) atoms. The van der Waals surface area contributed by atoms with E-state index in [0.717, 1.165) is 25.2 Å². The second-order valence-corrected chi connectivity index (χ2v) is 7.48. The van der Waals surface area contributed by atoms with Crippen LogP contribution in [0.1, 0.15) is 44.5 Å². The third kappa shape index (κ3) is 4.04. The normalized spacial score (nSPS) is 21.6. The number of piperidine rings is 1. The Hall–Kier alpha value is -0.880. The van der Waals surface area contributed by atoms with Gasteiger partial charge in [0.2, 0.25) is 0 Å². The van der Waals surface area contributed by atoms with Gasteiger partial charge in [-0.25, -0.2) is 13.4 Å². The van der Waals surface area contributed by atoms with Crippen molar-refractivity contribution in [3.8, 4) is 0 Å². The van der Waals surface area contributed by atoms with Gasteiger partial charge in [-0.1, -0.05) is 13.3 Å². The molecule has 1 atom stereocenters. The summed E-state index contributed by atoms with van der Waals surface area (Å²) in [7, 11) is -2.90. The standard InChI is InChI=1S/C13H23N3O2S/c1-2-10-19(17,18)11-9-16-8-4-3-5-12(16)13-14-6-7-15-13/h6-7,12H,2-5,8-11H2,1H3,(H,14,15)/t12-/m0/s1. The summed E-state index contributed by atoms with van der Waals surface area (Å²) in [6.07, 6.45) is 7.67. The van der Waals surface area contributed by atoms with Gasteiger partial charge in [0.15, 0.2) is 9.84 Å². The van der Waals surface area contributed by atoms with Crippen molar-refractivity contribution >= 4 is 9.84 Å². The quantitative estimate of drug-likeness (QED) is 0.865. The Kier molecular flexibility index (Phi) is 4.99. The lowest BCUT2D eigenvalue weighted by Crippen LogP contribution is -2.37. The van der Waals surface area contributed by atoms with Gasteiger partial charge < -0.3 is 4.98 Å². The topological polar surface area (TPSA) is 66.1 Å². The van der Waals surface area contributed by atoms with Gasteiger partial charge in [-0.15, -0.1) is 0 Å². The Morgan fingerprint density at radius 1 is 1.42 bits per heavy atom. The summed E-state index contributed by atoms with van der Waals surface area (Å²) < 4.78 is 23.6. The molecule has 0 bridgehead atoms. The number of hydrogen-bond acceptors (Lipinski definition) is 4. The van der Waals surface area contributed by atoms with Crippen LogP contribution in [-0.4, -0.2) is 47.9 Å². The van der Waals surface area contributed by atoms with Crippen molar-refractivity contribution in [3.63, 3.8) is 0 Å². The third-order valence-corrected chi connectivity index (χ3v) is 5.49. The number of imidazole rings is 1. The molecule has 5 nitrogen and oxygen atoms in total. The first-order valence-electron chi connectivity index (χ1n) is 7.06. The van der Waals surface area contributed by atoms with E-state index in [9.17, 15) is 8.42 Å². The predicted octanol–water partition coefficient (Wildman–Crippen LogP) is 1.76. The number of aromatic nitrogens is 2. The smallest absolute Gasteiger partial charge is 0.151 e. The first kappa shape index (κ1) is 14.5. The van der Waals surface area contributed by atoms with Crippen LogP contribution < -0.4 is 0 Å². The Morgan fingerprint density at radius 2 is 2.26 bits per heavy atom. The van der Waals surface area contributed by atoms with Crippen LogP contribution in [0.3, 0.4) is 0 Å². The summed E-state index contributed by atoms with van der Waals surface area (Å²) in [6, 6.07) is 0.251. The second-order valence-electron chi connectivity index (χ2n) is 5.17. The number of aromatic amines is 1. The van der Waals surface area contributed by atoms with Crippen LogP contribution in [0.5, 0.6) is 0 Å². The molecule has 1 aliphatic heterocycles. The van der Waals surface area contributed by atoms with Crippen LogP contribution in [0.4, 0.5) is 0 Å². The lowest BCUT2D eigenvalue weighted by Gasteiger charge is -2.34. The molecule has 0 aliphatic carbocycles. The highest BCUT2D eigenvalue weighted by Gasteiger charge is 2.26. The molecule has 0 radical (unpaired) electrons. The highest BCUT2D eigenvalue weighted by Crippen LogP contribution is 2.28. The molecule has 1 fully saturated rings. The van der Waals surface area contributed by atoms with Crippen LogP contribution in [0.2, 0.25) is 0 Å². The highest BCUT2D eigenvalue weighted by atomic mass is 32.2. The number of sulfone groups is 1. The monoisotopic (exact) mass is 285 g/mol. The van der Waals surface area contributed by atoms with Crippen molar-refractivity contribution in [2.75, 3.05) is 24.6 Å². The van der Waals surface area contributed by atoms with E-state index in [4.69, 9.17) is 0 Å². The molecule has 2 heterocycles. The zero-order valence-corrected chi connectivity index (χ0v) is 12.3. The van der Waals surface area contributed by atoms with E-state index in [2.05, 4.69) is 14.9 Å². The minimum atomic E-state index is -2.90. The predicted molar refractivity (Wildman–Crippen MR) is 75.7 cm³/mol. The number of nitrogens with one attached hydrogen (secondary N) is 1. The molecule has 6 heteroatoms. The molecular formula is C13H23N3O2S. The van der Waals surface area contributed by atoms with E-state index in [1.54, 1.807) is 6.20 Å². The lowest BCUT2D eigenvalue weighted by molar-refractivity contribution is 0.151. The molecular weight excluding hydrogens is 262 g/mol. The summed E-state index contributed by atoms with van der Waals surface area (Å²) in [6.45, 7) is 3.49. The Labute approximate surface area is 115 Å².